The number of hydrogen-bond donors (Lipinski definition) is 2. The fourth-order valence-electron chi connectivity index (χ4n) is 2.45. The number of hydrazine groups is 1. The van der Waals surface area contributed by atoms with Crippen LogP contribution in [-0.4, -0.2) is 34.8 Å². The summed E-state index contributed by atoms with van der Waals surface area (Å²) in [7, 11) is 0. The molecular formula is C16H17ClN4O4. The summed E-state index contributed by atoms with van der Waals surface area (Å²) in [6.45, 7) is 4.48. The lowest BCUT2D eigenvalue weighted by molar-refractivity contribution is -0.122. The highest BCUT2D eigenvalue weighted by Gasteiger charge is 2.19. The fourth-order valence-corrected chi connectivity index (χ4v) is 2.72. The van der Waals surface area contributed by atoms with E-state index in [2.05, 4.69) is 16.0 Å². The Morgan fingerprint density at radius 2 is 1.96 bits per heavy atom. The lowest BCUT2D eigenvalue weighted by Gasteiger charge is -2.20. The molecule has 1 aromatic carbocycles. The molecule has 1 aliphatic rings. The summed E-state index contributed by atoms with van der Waals surface area (Å²) < 4.78 is 12.4. The Balaban J connectivity index is 1.61. The average Bonchev–Trinajstić information content (AvgIpc) is 2.89. The maximum atomic E-state index is 12.2. The number of rotatable bonds is 3. The van der Waals surface area contributed by atoms with E-state index in [-0.39, 0.29) is 17.1 Å². The molecule has 0 atom stereocenters. The van der Waals surface area contributed by atoms with Crippen LogP contribution in [0.3, 0.4) is 0 Å². The zero-order valence-electron chi connectivity index (χ0n) is 13.8. The number of nitrogens with zero attached hydrogens (tertiary/aromatic N) is 2. The first-order valence-corrected chi connectivity index (χ1v) is 8.01. The van der Waals surface area contributed by atoms with E-state index in [1.54, 1.807) is 4.68 Å². The maximum Gasteiger partial charge on any atom is 0.269 e. The van der Waals surface area contributed by atoms with Crippen molar-refractivity contribution in [2.24, 2.45) is 0 Å². The second-order valence-corrected chi connectivity index (χ2v) is 5.98. The first-order valence-electron chi connectivity index (χ1n) is 7.63. The summed E-state index contributed by atoms with van der Waals surface area (Å²) in [6, 6.07) is 4.84. The topological polar surface area (TPSA) is 94.5 Å². The number of amides is 2. The van der Waals surface area contributed by atoms with Crippen molar-refractivity contribution in [1.29, 1.82) is 0 Å². The van der Waals surface area contributed by atoms with Crippen LogP contribution >= 0.6 is 11.6 Å². The molecule has 0 fully saturated rings. The normalized spacial score (nSPS) is 12.6. The predicted octanol–water partition coefficient (Wildman–Crippen LogP) is 1.39. The van der Waals surface area contributed by atoms with Gasteiger partial charge in [-0.25, -0.2) is 0 Å². The number of fused-ring (bicyclic) bond motifs is 1. The minimum absolute atomic E-state index is 0.00183. The van der Waals surface area contributed by atoms with Crippen molar-refractivity contribution in [2.75, 3.05) is 13.2 Å². The summed E-state index contributed by atoms with van der Waals surface area (Å²) in [4.78, 5) is 24.2. The quantitative estimate of drug-likeness (QED) is 0.802. The molecule has 0 radical (unpaired) electrons. The highest BCUT2D eigenvalue weighted by atomic mass is 35.5. The van der Waals surface area contributed by atoms with E-state index in [4.69, 9.17) is 21.1 Å². The number of ether oxygens (including phenoxy) is 2. The van der Waals surface area contributed by atoms with Gasteiger partial charge in [-0.1, -0.05) is 11.6 Å². The van der Waals surface area contributed by atoms with Gasteiger partial charge in [0.1, 0.15) is 19.8 Å². The molecular weight excluding hydrogens is 348 g/mol. The van der Waals surface area contributed by atoms with Gasteiger partial charge in [-0.3, -0.25) is 25.1 Å². The second-order valence-electron chi connectivity index (χ2n) is 5.57. The Labute approximate surface area is 149 Å². The number of aryl methyl sites for hydroxylation is 2. The monoisotopic (exact) mass is 364 g/mol. The molecule has 0 unspecified atom stereocenters. The molecule has 2 amide bonds. The van der Waals surface area contributed by atoms with E-state index >= 15 is 0 Å². The Kier molecular flexibility index (Phi) is 4.80. The van der Waals surface area contributed by atoms with E-state index < -0.39 is 11.8 Å². The van der Waals surface area contributed by atoms with Gasteiger partial charge in [0, 0.05) is 11.3 Å². The van der Waals surface area contributed by atoms with Crippen molar-refractivity contribution in [3.63, 3.8) is 0 Å². The minimum Gasteiger partial charge on any atom is -0.486 e. The van der Waals surface area contributed by atoms with Gasteiger partial charge in [0.05, 0.1) is 10.7 Å². The number of halogens is 1. The van der Waals surface area contributed by atoms with Crippen LogP contribution in [-0.2, 0) is 11.3 Å². The Hall–Kier alpha value is -2.74. The third-order valence-corrected chi connectivity index (χ3v) is 3.85. The molecule has 132 valence electrons. The molecule has 0 saturated carbocycles. The van der Waals surface area contributed by atoms with Crippen LogP contribution in [0, 0.1) is 13.8 Å². The van der Waals surface area contributed by atoms with Crippen LogP contribution in [0.4, 0.5) is 0 Å². The van der Waals surface area contributed by atoms with Crippen molar-refractivity contribution >= 4 is 23.4 Å². The second kappa shape index (κ2) is 7.02. The van der Waals surface area contributed by atoms with E-state index in [0.29, 0.717) is 24.7 Å². The molecule has 2 N–H and O–H groups in total. The molecule has 3 rings (SSSR count). The van der Waals surface area contributed by atoms with Crippen LogP contribution < -0.4 is 20.3 Å². The summed E-state index contributed by atoms with van der Waals surface area (Å²) in [5.74, 6) is -0.0975. The van der Waals surface area contributed by atoms with Gasteiger partial charge in [0.15, 0.2) is 11.5 Å². The first-order chi connectivity index (χ1) is 11.9. The van der Waals surface area contributed by atoms with Gasteiger partial charge in [0.25, 0.3) is 11.8 Å². The first kappa shape index (κ1) is 17.1. The van der Waals surface area contributed by atoms with E-state index in [1.165, 1.54) is 12.1 Å². The third kappa shape index (κ3) is 3.85. The van der Waals surface area contributed by atoms with Crippen LogP contribution in [0.1, 0.15) is 21.7 Å². The van der Waals surface area contributed by atoms with Gasteiger partial charge >= 0.3 is 0 Å². The molecule has 0 aliphatic carbocycles. The molecule has 9 heteroatoms. The zero-order chi connectivity index (χ0) is 18.0. The highest BCUT2D eigenvalue weighted by Crippen LogP contribution is 2.38. The molecule has 2 aromatic rings. The smallest absolute Gasteiger partial charge is 0.269 e. The number of benzene rings is 1. The van der Waals surface area contributed by atoms with Crippen molar-refractivity contribution in [3.8, 4) is 11.5 Å². The predicted molar refractivity (Wildman–Crippen MR) is 89.8 cm³/mol. The van der Waals surface area contributed by atoms with Crippen molar-refractivity contribution in [2.45, 2.75) is 20.4 Å². The van der Waals surface area contributed by atoms with E-state index in [9.17, 15) is 9.59 Å². The van der Waals surface area contributed by atoms with Crippen LogP contribution in [0.25, 0.3) is 0 Å². The van der Waals surface area contributed by atoms with E-state index in [0.717, 1.165) is 11.4 Å². The zero-order valence-corrected chi connectivity index (χ0v) is 14.5. The molecule has 0 bridgehead atoms. The Morgan fingerprint density at radius 3 is 2.68 bits per heavy atom. The Bertz CT molecular complexity index is 834. The molecule has 25 heavy (non-hydrogen) atoms. The summed E-state index contributed by atoms with van der Waals surface area (Å²) >= 11 is 6.10. The van der Waals surface area contributed by atoms with Crippen molar-refractivity contribution in [3.05, 3.63) is 40.2 Å². The highest BCUT2D eigenvalue weighted by molar-refractivity contribution is 6.32. The van der Waals surface area contributed by atoms with Crippen LogP contribution in [0.2, 0.25) is 5.02 Å². The van der Waals surface area contributed by atoms with Gasteiger partial charge in [-0.05, 0) is 32.0 Å². The maximum absolute atomic E-state index is 12.2. The molecule has 2 heterocycles. The molecule has 0 saturated heterocycles. The average molecular weight is 365 g/mol. The SMILES string of the molecule is Cc1cc(C)n(CC(=O)NNC(=O)c2cc(Cl)c3c(c2)OCCO3)n1. The number of carbonyl (C=O) groups excluding carboxylic acids is 2. The summed E-state index contributed by atoms with van der Waals surface area (Å²) in [5.41, 5.74) is 6.62. The number of nitrogens with one attached hydrogen (secondary N) is 2. The summed E-state index contributed by atoms with van der Waals surface area (Å²) in [5, 5.41) is 4.46. The van der Waals surface area contributed by atoms with Crippen molar-refractivity contribution in [1.82, 2.24) is 20.6 Å². The lowest BCUT2D eigenvalue weighted by Crippen LogP contribution is -2.43. The standard InChI is InChI=1S/C16H17ClN4O4/c1-9-5-10(2)21(20-9)8-14(22)18-19-16(23)11-6-12(17)15-13(7-11)24-3-4-25-15/h5-7H,3-4,8H2,1-2H3,(H,18,22)(H,19,23). The van der Waals surface area contributed by atoms with Gasteiger partial charge in [-0.15, -0.1) is 0 Å². The number of hydrogen-bond acceptors (Lipinski definition) is 5. The van der Waals surface area contributed by atoms with Crippen molar-refractivity contribution < 1.29 is 19.1 Å². The lowest BCUT2D eigenvalue weighted by atomic mass is 10.2. The van der Waals surface area contributed by atoms with Gasteiger partial charge < -0.3 is 9.47 Å². The molecule has 1 aliphatic heterocycles. The number of aromatic nitrogens is 2. The molecule has 0 spiro atoms. The fraction of sp³-hybridized carbons (Fsp3) is 0.312. The Morgan fingerprint density at radius 1 is 1.20 bits per heavy atom. The minimum atomic E-state index is -0.513. The largest absolute Gasteiger partial charge is 0.486 e. The number of carbonyl (C=O) groups is 2. The van der Waals surface area contributed by atoms with Gasteiger partial charge in [0.2, 0.25) is 0 Å². The third-order valence-electron chi connectivity index (χ3n) is 3.57. The van der Waals surface area contributed by atoms with Crippen LogP contribution in [0.5, 0.6) is 11.5 Å². The van der Waals surface area contributed by atoms with Gasteiger partial charge in [-0.2, -0.15) is 5.10 Å². The van der Waals surface area contributed by atoms with E-state index in [1.807, 2.05) is 19.9 Å². The molecule has 1 aromatic heterocycles. The summed E-state index contributed by atoms with van der Waals surface area (Å²) in [6.07, 6.45) is 0. The van der Waals surface area contributed by atoms with Crippen LogP contribution in [0.15, 0.2) is 18.2 Å². The molecule has 8 nitrogen and oxygen atoms in total.